The molecule has 1 aliphatic carbocycles. The van der Waals surface area contributed by atoms with Crippen LogP contribution in [-0.2, 0) is 4.79 Å². The normalized spacial score (nSPS) is 14.5. The summed E-state index contributed by atoms with van der Waals surface area (Å²) in [6, 6.07) is 0.467. The van der Waals surface area contributed by atoms with Crippen LogP contribution in [0.5, 0.6) is 0 Å². The number of hydrogen-bond donors (Lipinski definition) is 2. The van der Waals surface area contributed by atoms with Gasteiger partial charge < -0.3 is 15.2 Å². The highest BCUT2D eigenvalue weighted by atomic mass is 16.1. The van der Waals surface area contributed by atoms with Crippen molar-refractivity contribution in [3.8, 4) is 0 Å². The number of anilines is 1. The molecule has 0 radical (unpaired) electrons. The van der Waals surface area contributed by atoms with Crippen LogP contribution in [0.2, 0.25) is 0 Å². The molecule has 0 aliphatic heterocycles. The molecule has 1 aromatic heterocycles. The Labute approximate surface area is 112 Å². The lowest BCUT2D eigenvalue weighted by atomic mass is 10.3. The monoisotopic (exact) mass is 264 g/mol. The zero-order valence-electron chi connectivity index (χ0n) is 11.3. The van der Waals surface area contributed by atoms with Crippen LogP contribution < -0.4 is 16.2 Å². The van der Waals surface area contributed by atoms with E-state index in [0.29, 0.717) is 24.8 Å². The van der Waals surface area contributed by atoms with Gasteiger partial charge in [-0.15, -0.1) is 0 Å². The van der Waals surface area contributed by atoms with E-state index in [1.54, 1.807) is 17.0 Å². The third kappa shape index (κ3) is 3.81. The number of amides is 1. The molecule has 1 aliphatic rings. The first-order chi connectivity index (χ1) is 9.08. The molecule has 0 bridgehead atoms. The second-order valence-electron chi connectivity index (χ2n) is 5.12. The molecule has 104 valence electrons. The van der Waals surface area contributed by atoms with Gasteiger partial charge in [-0.1, -0.05) is 0 Å². The van der Waals surface area contributed by atoms with Gasteiger partial charge in [-0.3, -0.25) is 9.59 Å². The van der Waals surface area contributed by atoms with Crippen molar-refractivity contribution in [1.82, 2.24) is 14.9 Å². The summed E-state index contributed by atoms with van der Waals surface area (Å²) in [6.45, 7) is 4.24. The van der Waals surface area contributed by atoms with Crippen molar-refractivity contribution in [3.05, 3.63) is 22.7 Å². The summed E-state index contributed by atoms with van der Waals surface area (Å²) in [4.78, 5) is 27.5. The number of carbonyl (C=O) groups is 1. The van der Waals surface area contributed by atoms with Crippen LogP contribution >= 0.6 is 0 Å². The van der Waals surface area contributed by atoms with Crippen LogP contribution in [0, 0.1) is 0 Å². The lowest BCUT2D eigenvalue weighted by Crippen LogP contribution is -2.32. The number of nitrogens with zero attached hydrogens (tertiary/aromatic N) is 2. The van der Waals surface area contributed by atoms with Crippen LogP contribution in [-0.4, -0.2) is 28.0 Å². The molecule has 1 heterocycles. The van der Waals surface area contributed by atoms with Gasteiger partial charge in [-0.05, 0) is 26.7 Å². The van der Waals surface area contributed by atoms with E-state index in [1.165, 1.54) is 0 Å². The molecule has 1 fully saturated rings. The Kier molecular flexibility index (Phi) is 4.19. The summed E-state index contributed by atoms with van der Waals surface area (Å²) in [5, 5.41) is 5.74. The van der Waals surface area contributed by atoms with Gasteiger partial charge in [0.15, 0.2) is 5.82 Å². The van der Waals surface area contributed by atoms with Gasteiger partial charge in [-0.2, -0.15) is 0 Å². The van der Waals surface area contributed by atoms with Crippen molar-refractivity contribution < 1.29 is 4.79 Å². The van der Waals surface area contributed by atoms with Gasteiger partial charge in [0.05, 0.1) is 0 Å². The predicted molar refractivity (Wildman–Crippen MR) is 73.2 cm³/mol. The summed E-state index contributed by atoms with van der Waals surface area (Å²) in [6.07, 6.45) is 5.78. The molecular formula is C13H20N4O2. The molecule has 2 rings (SSSR count). The average Bonchev–Trinajstić information content (AvgIpc) is 3.14. The summed E-state index contributed by atoms with van der Waals surface area (Å²) in [5.41, 5.74) is -0.103. The van der Waals surface area contributed by atoms with Crippen LogP contribution in [0.1, 0.15) is 39.2 Å². The Morgan fingerprint density at radius 2 is 2.26 bits per heavy atom. The molecule has 0 spiro atoms. The van der Waals surface area contributed by atoms with E-state index in [0.717, 1.165) is 12.8 Å². The van der Waals surface area contributed by atoms with E-state index in [9.17, 15) is 9.59 Å². The minimum atomic E-state index is -0.103. The average molecular weight is 264 g/mol. The molecule has 1 amide bonds. The van der Waals surface area contributed by atoms with Gasteiger partial charge >= 0.3 is 0 Å². The molecule has 19 heavy (non-hydrogen) atoms. The van der Waals surface area contributed by atoms with Crippen LogP contribution in [0.15, 0.2) is 17.2 Å². The lowest BCUT2D eigenvalue weighted by molar-refractivity contribution is -0.121. The van der Waals surface area contributed by atoms with E-state index in [2.05, 4.69) is 15.6 Å². The maximum Gasteiger partial charge on any atom is 0.293 e. The van der Waals surface area contributed by atoms with Gasteiger partial charge in [0, 0.05) is 37.4 Å². The predicted octanol–water partition coefficient (Wildman–Crippen LogP) is 0.905. The van der Waals surface area contributed by atoms with E-state index in [1.807, 2.05) is 13.8 Å². The molecule has 1 aromatic rings. The molecule has 0 atom stereocenters. The maximum absolute atomic E-state index is 12.0. The first-order valence-electron chi connectivity index (χ1n) is 6.68. The van der Waals surface area contributed by atoms with Gasteiger partial charge in [0.25, 0.3) is 5.56 Å². The van der Waals surface area contributed by atoms with E-state index < -0.39 is 0 Å². The molecule has 0 saturated heterocycles. The Bertz CT molecular complexity index is 506. The third-order valence-corrected chi connectivity index (χ3v) is 2.90. The lowest BCUT2D eigenvalue weighted by Gasteiger charge is -2.10. The zero-order valence-corrected chi connectivity index (χ0v) is 11.3. The molecular weight excluding hydrogens is 244 g/mol. The largest absolute Gasteiger partial charge is 0.365 e. The van der Waals surface area contributed by atoms with Crippen molar-refractivity contribution in [1.29, 1.82) is 0 Å². The standard InChI is InChI=1S/C13H20N4O2/c1-9(2)16-11(18)5-6-14-12-13(19)17(8-7-15-12)10-3-4-10/h7-10H,3-6H2,1-2H3,(H,14,15)(H,16,18). The summed E-state index contributed by atoms with van der Waals surface area (Å²) >= 11 is 0. The zero-order chi connectivity index (χ0) is 13.8. The molecule has 0 unspecified atom stereocenters. The number of rotatable bonds is 6. The van der Waals surface area contributed by atoms with Gasteiger partial charge in [0.1, 0.15) is 0 Å². The van der Waals surface area contributed by atoms with Crippen molar-refractivity contribution in [2.75, 3.05) is 11.9 Å². The summed E-state index contributed by atoms with van der Waals surface area (Å²) in [7, 11) is 0. The Morgan fingerprint density at radius 1 is 1.53 bits per heavy atom. The third-order valence-electron chi connectivity index (χ3n) is 2.90. The Morgan fingerprint density at radius 3 is 2.89 bits per heavy atom. The summed E-state index contributed by atoms with van der Waals surface area (Å²) < 4.78 is 1.71. The highest BCUT2D eigenvalue weighted by Gasteiger charge is 2.25. The number of nitrogens with one attached hydrogen (secondary N) is 2. The number of aromatic nitrogens is 2. The van der Waals surface area contributed by atoms with Gasteiger partial charge in [0.2, 0.25) is 5.91 Å². The highest BCUT2D eigenvalue weighted by Crippen LogP contribution is 2.33. The molecule has 2 N–H and O–H groups in total. The number of hydrogen-bond acceptors (Lipinski definition) is 4. The summed E-state index contributed by atoms with van der Waals surface area (Å²) in [5.74, 6) is 0.299. The molecule has 0 aromatic carbocycles. The smallest absolute Gasteiger partial charge is 0.293 e. The van der Waals surface area contributed by atoms with Crippen LogP contribution in [0.25, 0.3) is 0 Å². The highest BCUT2D eigenvalue weighted by molar-refractivity contribution is 5.76. The van der Waals surface area contributed by atoms with E-state index in [-0.39, 0.29) is 17.5 Å². The molecule has 6 heteroatoms. The maximum atomic E-state index is 12.0. The fourth-order valence-electron chi connectivity index (χ4n) is 1.87. The van der Waals surface area contributed by atoms with Crippen LogP contribution in [0.4, 0.5) is 5.82 Å². The molecule has 6 nitrogen and oxygen atoms in total. The second kappa shape index (κ2) is 5.86. The first-order valence-corrected chi connectivity index (χ1v) is 6.68. The number of carbonyl (C=O) groups excluding carboxylic acids is 1. The molecule has 1 saturated carbocycles. The quantitative estimate of drug-likeness (QED) is 0.800. The van der Waals surface area contributed by atoms with E-state index in [4.69, 9.17) is 0 Å². The SMILES string of the molecule is CC(C)NC(=O)CCNc1nccn(C2CC2)c1=O. The second-order valence-corrected chi connectivity index (χ2v) is 5.12. The Hall–Kier alpha value is -1.85. The minimum Gasteiger partial charge on any atom is -0.365 e. The van der Waals surface area contributed by atoms with Crippen molar-refractivity contribution in [3.63, 3.8) is 0 Å². The fraction of sp³-hybridized carbons (Fsp3) is 0.615. The fourth-order valence-corrected chi connectivity index (χ4v) is 1.87. The van der Waals surface area contributed by atoms with Crippen molar-refractivity contribution >= 4 is 11.7 Å². The topological polar surface area (TPSA) is 76.0 Å². The van der Waals surface area contributed by atoms with Gasteiger partial charge in [-0.25, -0.2) is 4.98 Å². The van der Waals surface area contributed by atoms with Crippen molar-refractivity contribution in [2.24, 2.45) is 0 Å². The van der Waals surface area contributed by atoms with E-state index >= 15 is 0 Å². The van der Waals surface area contributed by atoms with Crippen LogP contribution in [0.3, 0.4) is 0 Å². The first kappa shape index (κ1) is 13.6. The van der Waals surface area contributed by atoms with Crippen molar-refractivity contribution in [2.45, 2.75) is 45.2 Å². The minimum absolute atomic E-state index is 0.0269. The Balaban J connectivity index is 1.88.